The molecule has 3 aromatic carbocycles. The van der Waals surface area contributed by atoms with Crippen LogP contribution >= 0.6 is 7.26 Å². The second-order valence-corrected chi connectivity index (χ2v) is 12.7. The molecule has 174 valence electrons. The molecule has 0 aliphatic rings. The molecule has 0 radical (unpaired) electrons. The number of rotatable bonds is 15. The van der Waals surface area contributed by atoms with E-state index in [4.69, 9.17) is 0 Å². The maximum absolute atomic E-state index is 2.41. The minimum absolute atomic E-state index is 1.25. The zero-order valence-electron chi connectivity index (χ0n) is 20.5. The molecule has 0 amide bonds. The third-order valence-corrected chi connectivity index (χ3v) is 11.1. The van der Waals surface area contributed by atoms with Gasteiger partial charge in [0.1, 0.15) is 23.2 Å². The second kappa shape index (κ2) is 14.9. The summed E-state index contributed by atoms with van der Waals surface area (Å²) in [4.78, 5) is 0. The first-order valence-corrected chi connectivity index (χ1v) is 15.1. The van der Waals surface area contributed by atoms with Crippen LogP contribution in [-0.4, -0.2) is 6.16 Å². The van der Waals surface area contributed by atoms with E-state index in [9.17, 15) is 0 Å². The zero-order chi connectivity index (χ0) is 23.0. The van der Waals surface area contributed by atoms with Gasteiger partial charge in [-0.25, -0.2) is 0 Å². The minimum Gasteiger partial charge on any atom is -0.0885 e. The highest BCUT2D eigenvalue weighted by Crippen LogP contribution is 2.55. The highest BCUT2D eigenvalue weighted by Gasteiger charge is 2.44. The van der Waals surface area contributed by atoms with Crippen molar-refractivity contribution in [2.75, 3.05) is 6.16 Å². The van der Waals surface area contributed by atoms with E-state index in [2.05, 4.69) is 110 Å². The predicted octanol–water partition coefficient (Wildman–Crippen LogP) is 8.46. The van der Waals surface area contributed by atoms with Crippen molar-refractivity contribution in [3.8, 4) is 0 Å². The second-order valence-electron chi connectivity index (χ2n) is 9.06. The number of benzene rings is 3. The SMILES string of the molecule is CCCCC/C=C\CCCCCCC[P+](c1ccccc1)(c1ccccc1)c1ccccc1. The van der Waals surface area contributed by atoms with Crippen LogP contribution in [0.4, 0.5) is 0 Å². The van der Waals surface area contributed by atoms with E-state index in [1.807, 2.05) is 0 Å². The molecule has 0 fully saturated rings. The molecule has 3 aromatic rings. The van der Waals surface area contributed by atoms with Crippen molar-refractivity contribution in [2.45, 2.75) is 71.1 Å². The lowest BCUT2D eigenvalue weighted by atomic mass is 10.1. The molecular formula is C32H42P+. The Morgan fingerprint density at radius 2 is 0.879 bits per heavy atom. The van der Waals surface area contributed by atoms with Gasteiger partial charge in [-0.05, 0) is 74.9 Å². The summed E-state index contributed by atoms with van der Waals surface area (Å²) in [6, 6.07) is 33.9. The molecule has 1 heteroatoms. The Balaban J connectivity index is 1.62. The third-order valence-electron chi connectivity index (χ3n) is 6.60. The van der Waals surface area contributed by atoms with E-state index in [0.29, 0.717) is 0 Å². The third kappa shape index (κ3) is 7.68. The molecule has 0 bridgehead atoms. The van der Waals surface area contributed by atoms with Crippen molar-refractivity contribution >= 4 is 23.2 Å². The fraction of sp³-hybridized carbons (Fsp3) is 0.375. The molecule has 0 atom stereocenters. The maximum Gasteiger partial charge on any atom is 0.112 e. The monoisotopic (exact) mass is 457 g/mol. The van der Waals surface area contributed by atoms with Crippen LogP contribution in [0.3, 0.4) is 0 Å². The minimum atomic E-state index is -1.64. The number of unbranched alkanes of at least 4 members (excludes halogenated alkanes) is 8. The lowest BCUT2D eigenvalue weighted by molar-refractivity contribution is 0.638. The fourth-order valence-corrected chi connectivity index (χ4v) is 9.18. The zero-order valence-corrected chi connectivity index (χ0v) is 21.4. The molecule has 0 N–H and O–H groups in total. The lowest BCUT2D eigenvalue weighted by Gasteiger charge is -2.27. The van der Waals surface area contributed by atoms with Gasteiger partial charge in [-0.2, -0.15) is 0 Å². The topological polar surface area (TPSA) is 0 Å². The van der Waals surface area contributed by atoms with Crippen molar-refractivity contribution in [3.63, 3.8) is 0 Å². The smallest absolute Gasteiger partial charge is 0.0885 e. The van der Waals surface area contributed by atoms with Crippen LogP contribution in [-0.2, 0) is 0 Å². The van der Waals surface area contributed by atoms with Gasteiger partial charge in [-0.3, -0.25) is 0 Å². The van der Waals surface area contributed by atoms with Gasteiger partial charge in [0, 0.05) is 0 Å². The van der Waals surface area contributed by atoms with Crippen molar-refractivity contribution in [3.05, 3.63) is 103 Å². The van der Waals surface area contributed by atoms with E-state index in [0.717, 1.165) is 0 Å². The van der Waals surface area contributed by atoms with Crippen LogP contribution in [0.2, 0.25) is 0 Å². The van der Waals surface area contributed by atoms with Crippen LogP contribution in [0.5, 0.6) is 0 Å². The molecule has 0 spiro atoms. The van der Waals surface area contributed by atoms with E-state index < -0.39 is 7.26 Å². The Hall–Kier alpha value is -2.17. The summed E-state index contributed by atoms with van der Waals surface area (Å²) in [6.45, 7) is 2.27. The van der Waals surface area contributed by atoms with Gasteiger partial charge in [0.15, 0.2) is 0 Å². The van der Waals surface area contributed by atoms with Crippen molar-refractivity contribution in [1.29, 1.82) is 0 Å². The van der Waals surface area contributed by atoms with Crippen LogP contribution in [0.1, 0.15) is 71.1 Å². The summed E-state index contributed by atoms with van der Waals surface area (Å²) in [5, 5.41) is 4.53. The summed E-state index contributed by atoms with van der Waals surface area (Å²) in [6.07, 6.45) is 19.3. The highest BCUT2D eigenvalue weighted by atomic mass is 31.2. The Labute approximate surface area is 203 Å². The molecular weight excluding hydrogens is 415 g/mol. The van der Waals surface area contributed by atoms with Gasteiger partial charge in [-0.1, -0.05) is 99.4 Å². The summed E-state index contributed by atoms with van der Waals surface area (Å²) in [5.74, 6) is 0. The number of allylic oxidation sites excluding steroid dienone is 2. The fourth-order valence-electron chi connectivity index (χ4n) is 4.77. The number of hydrogen-bond acceptors (Lipinski definition) is 0. The van der Waals surface area contributed by atoms with Gasteiger partial charge in [0.25, 0.3) is 0 Å². The molecule has 0 heterocycles. The standard InChI is InChI=1S/C32H42P/c1-2-3-4-5-6-7-8-9-10-11-12-22-29-33(30-23-16-13-17-24-30,31-25-18-14-19-26-31)32-27-20-15-21-28-32/h6-7,13-21,23-28H,2-5,8-12,22,29H2,1H3/q+1/b7-6-. The first-order valence-electron chi connectivity index (χ1n) is 13.1. The summed E-state index contributed by atoms with van der Waals surface area (Å²) >= 11 is 0. The Kier molecular flexibility index (Phi) is 11.5. The van der Waals surface area contributed by atoms with Gasteiger partial charge >= 0.3 is 0 Å². The molecule has 0 nitrogen and oxygen atoms in total. The Morgan fingerprint density at radius 1 is 0.485 bits per heavy atom. The van der Waals surface area contributed by atoms with Gasteiger partial charge in [0.05, 0.1) is 6.16 Å². The van der Waals surface area contributed by atoms with Crippen molar-refractivity contribution < 1.29 is 0 Å². The first kappa shape index (κ1) is 25.5. The molecule has 0 aromatic heterocycles. The van der Waals surface area contributed by atoms with Crippen LogP contribution < -0.4 is 15.9 Å². The van der Waals surface area contributed by atoms with Gasteiger partial charge in [-0.15, -0.1) is 0 Å². The molecule has 0 saturated carbocycles. The van der Waals surface area contributed by atoms with E-state index in [-0.39, 0.29) is 0 Å². The average Bonchev–Trinajstić information content (AvgIpc) is 2.89. The Morgan fingerprint density at radius 3 is 1.33 bits per heavy atom. The van der Waals surface area contributed by atoms with Crippen LogP contribution in [0, 0.1) is 0 Å². The Bertz CT molecular complexity index is 802. The van der Waals surface area contributed by atoms with E-state index in [1.165, 1.54) is 86.3 Å². The largest absolute Gasteiger partial charge is 0.112 e. The molecule has 0 saturated heterocycles. The summed E-state index contributed by atoms with van der Waals surface area (Å²) in [7, 11) is -1.64. The first-order chi connectivity index (χ1) is 16.4. The average molecular weight is 458 g/mol. The molecule has 3 rings (SSSR count). The number of hydrogen-bond donors (Lipinski definition) is 0. The molecule has 33 heavy (non-hydrogen) atoms. The van der Waals surface area contributed by atoms with Gasteiger partial charge in [0.2, 0.25) is 0 Å². The van der Waals surface area contributed by atoms with Crippen LogP contribution in [0.15, 0.2) is 103 Å². The van der Waals surface area contributed by atoms with Crippen LogP contribution in [0.25, 0.3) is 0 Å². The summed E-state index contributed by atoms with van der Waals surface area (Å²) in [5.41, 5.74) is 0. The lowest BCUT2D eigenvalue weighted by Crippen LogP contribution is -2.33. The molecule has 0 aliphatic carbocycles. The van der Waals surface area contributed by atoms with Gasteiger partial charge < -0.3 is 0 Å². The quantitative estimate of drug-likeness (QED) is 0.122. The van der Waals surface area contributed by atoms with Crippen molar-refractivity contribution in [1.82, 2.24) is 0 Å². The predicted molar refractivity (Wildman–Crippen MR) is 151 cm³/mol. The van der Waals surface area contributed by atoms with E-state index >= 15 is 0 Å². The molecule has 0 aliphatic heterocycles. The normalized spacial score (nSPS) is 11.8. The highest BCUT2D eigenvalue weighted by molar-refractivity contribution is 7.95. The summed E-state index contributed by atoms with van der Waals surface area (Å²) < 4.78 is 0. The van der Waals surface area contributed by atoms with E-state index in [1.54, 1.807) is 0 Å². The molecule has 0 unspecified atom stereocenters. The van der Waals surface area contributed by atoms with Crippen molar-refractivity contribution in [2.24, 2.45) is 0 Å². The maximum atomic E-state index is 2.41.